The van der Waals surface area contributed by atoms with E-state index < -0.39 is 0 Å². The Morgan fingerprint density at radius 2 is 1.49 bits per heavy atom. The summed E-state index contributed by atoms with van der Waals surface area (Å²) in [5, 5.41) is 0. The number of anilines is 2. The summed E-state index contributed by atoms with van der Waals surface area (Å²) in [6.07, 6.45) is 1.91. The number of hydrogen-bond acceptors (Lipinski definition) is 5. The van der Waals surface area contributed by atoms with Gasteiger partial charge < -0.3 is 14.5 Å². The van der Waals surface area contributed by atoms with Crippen LogP contribution in [0.2, 0.25) is 0 Å². The number of rotatable bonds is 7. The van der Waals surface area contributed by atoms with Gasteiger partial charge >= 0.3 is 0 Å². The first kappa shape index (κ1) is 23.3. The first-order chi connectivity index (χ1) is 18.1. The summed E-state index contributed by atoms with van der Waals surface area (Å²) < 4.78 is 8.76. The van der Waals surface area contributed by atoms with Gasteiger partial charge in [-0.3, -0.25) is 4.57 Å². The maximum Gasteiger partial charge on any atom is 0.228 e. The molecule has 188 valence electrons. The van der Waals surface area contributed by atoms with Crippen LogP contribution in [0.5, 0.6) is 5.75 Å². The van der Waals surface area contributed by atoms with Gasteiger partial charge in [0.05, 0.1) is 16.6 Å². The van der Waals surface area contributed by atoms with Gasteiger partial charge in [-0.15, -0.1) is 0 Å². The standard InChI is InChI=1S/C31H33N5O/c1-5-34(6-2)23-16-13-21(14-17-23)29-33-31-25(30-32-26-11-9-10-12-27(26)36(29)30)19-22-15-18-24(20-28(22)37-31)35(7-3)8-4/h9-20,29H,5-8H2,1-4H3/t29-/m1/s1. The Hall–Kier alpha value is -4.06. The van der Waals surface area contributed by atoms with Crippen LogP contribution in [-0.4, -0.2) is 41.6 Å². The highest BCUT2D eigenvalue weighted by Gasteiger charge is 2.33. The molecule has 0 fully saturated rings. The van der Waals surface area contributed by atoms with E-state index in [2.05, 4.69) is 109 Å². The highest BCUT2D eigenvalue weighted by molar-refractivity contribution is 6.27. The van der Waals surface area contributed by atoms with Gasteiger partial charge in [0.15, 0.2) is 6.17 Å². The minimum absolute atomic E-state index is 0.257. The lowest BCUT2D eigenvalue weighted by Gasteiger charge is -2.30. The quantitative estimate of drug-likeness (QED) is 0.291. The third-order valence-corrected chi connectivity index (χ3v) is 7.50. The number of benzene rings is 3. The second-order valence-electron chi connectivity index (χ2n) is 9.42. The molecule has 0 aliphatic carbocycles. The summed E-state index contributed by atoms with van der Waals surface area (Å²) >= 11 is 0. The molecule has 37 heavy (non-hydrogen) atoms. The van der Waals surface area contributed by atoms with Crippen LogP contribution in [0.1, 0.15) is 50.8 Å². The molecule has 0 radical (unpaired) electrons. The lowest BCUT2D eigenvalue weighted by atomic mass is 10.0. The lowest BCUT2D eigenvalue weighted by Crippen LogP contribution is -2.27. The minimum Gasteiger partial charge on any atom is -0.438 e. The molecule has 6 nitrogen and oxygen atoms in total. The highest BCUT2D eigenvalue weighted by Crippen LogP contribution is 2.41. The maximum atomic E-state index is 6.51. The fraction of sp³-hybridized carbons (Fsp3) is 0.290. The first-order valence-electron chi connectivity index (χ1n) is 13.3. The molecule has 2 aliphatic heterocycles. The Morgan fingerprint density at radius 1 is 0.811 bits per heavy atom. The van der Waals surface area contributed by atoms with Crippen molar-refractivity contribution in [3.8, 4) is 5.75 Å². The molecule has 3 heterocycles. The summed E-state index contributed by atoms with van der Waals surface area (Å²) in [6.45, 7) is 12.6. The lowest BCUT2D eigenvalue weighted by molar-refractivity contribution is 0.515. The number of para-hydroxylation sites is 2. The molecule has 3 aromatic carbocycles. The number of hydrogen-bond donors (Lipinski definition) is 0. The third kappa shape index (κ3) is 3.88. The molecule has 6 heteroatoms. The Labute approximate surface area is 218 Å². The fourth-order valence-electron chi connectivity index (χ4n) is 5.47. The summed E-state index contributed by atoms with van der Waals surface area (Å²) in [7, 11) is 0. The predicted octanol–water partition coefficient (Wildman–Crippen LogP) is 6.62. The number of aromatic nitrogens is 2. The van der Waals surface area contributed by atoms with Crippen LogP contribution in [0.15, 0.2) is 71.7 Å². The molecular weight excluding hydrogens is 458 g/mol. The van der Waals surface area contributed by atoms with E-state index >= 15 is 0 Å². The molecule has 4 aromatic rings. The number of aliphatic imine (C=N–C) groups is 1. The number of imidazole rings is 1. The Morgan fingerprint density at radius 3 is 2.22 bits per heavy atom. The summed E-state index contributed by atoms with van der Waals surface area (Å²) in [4.78, 5) is 14.9. The van der Waals surface area contributed by atoms with E-state index in [1.807, 2.05) is 6.07 Å². The van der Waals surface area contributed by atoms with Crippen LogP contribution in [0.4, 0.5) is 11.4 Å². The fourth-order valence-corrected chi connectivity index (χ4v) is 5.47. The van der Waals surface area contributed by atoms with E-state index in [0.29, 0.717) is 5.90 Å². The van der Waals surface area contributed by atoms with Crippen molar-refractivity contribution in [2.24, 2.45) is 4.99 Å². The second-order valence-corrected chi connectivity index (χ2v) is 9.42. The molecule has 0 N–H and O–H groups in total. The molecule has 0 unspecified atom stereocenters. The van der Waals surface area contributed by atoms with E-state index in [1.165, 1.54) is 5.69 Å². The van der Waals surface area contributed by atoms with Gasteiger partial charge in [-0.05, 0) is 75.7 Å². The van der Waals surface area contributed by atoms with Crippen LogP contribution >= 0.6 is 0 Å². The van der Waals surface area contributed by atoms with Crippen molar-refractivity contribution in [1.82, 2.24) is 9.55 Å². The van der Waals surface area contributed by atoms with Gasteiger partial charge in [0.2, 0.25) is 5.90 Å². The van der Waals surface area contributed by atoms with E-state index in [4.69, 9.17) is 14.7 Å². The smallest absolute Gasteiger partial charge is 0.228 e. The van der Waals surface area contributed by atoms with E-state index in [1.54, 1.807) is 0 Å². The normalized spacial score (nSPS) is 15.7. The Balaban J connectivity index is 1.48. The predicted molar refractivity (Wildman–Crippen MR) is 154 cm³/mol. The molecule has 0 spiro atoms. The zero-order valence-corrected chi connectivity index (χ0v) is 22.0. The average Bonchev–Trinajstić information content (AvgIpc) is 3.33. The number of nitrogens with zero attached hydrogens (tertiary/aromatic N) is 5. The zero-order valence-electron chi connectivity index (χ0n) is 22.0. The van der Waals surface area contributed by atoms with Gasteiger partial charge in [0.25, 0.3) is 0 Å². The monoisotopic (exact) mass is 491 g/mol. The van der Waals surface area contributed by atoms with E-state index in [0.717, 1.165) is 71.2 Å². The van der Waals surface area contributed by atoms with Crippen LogP contribution in [0, 0.1) is 0 Å². The van der Waals surface area contributed by atoms with Gasteiger partial charge in [-0.2, -0.15) is 0 Å². The third-order valence-electron chi connectivity index (χ3n) is 7.50. The molecule has 6 rings (SSSR count). The second kappa shape index (κ2) is 9.43. The van der Waals surface area contributed by atoms with Crippen LogP contribution < -0.4 is 14.5 Å². The Kier molecular flexibility index (Phi) is 5.95. The van der Waals surface area contributed by atoms with Crippen molar-refractivity contribution in [3.63, 3.8) is 0 Å². The van der Waals surface area contributed by atoms with Gasteiger partial charge in [-0.25, -0.2) is 9.98 Å². The largest absolute Gasteiger partial charge is 0.438 e. The topological polar surface area (TPSA) is 45.9 Å². The Bertz CT molecular complexity index is 1510. The van der Waals surface area contributed by atoms with Gasteiger partial charge in [0.1, 0.15) is 11.6 Å². The molecule has 0 bridgehead atoms. The van der Waals surface area contributed by atoms with Gasteiger partial charge in [-0.1, -0.05) is 24.3 Å². The van der Waals surface area contributed by atoms with Crippen molar-refractivity contribution >= 4 is 40.0 Å². The molecule has 2 aliphatic rings. The van der Waals surface area contributed by atoms with Crippen molar-refractivity contribution < 1.29 is 4.74 Å². The van der Waals surface area contributed by atoms with Crippen molar-refractivity contribution in [3.05, 3.63) is 83.7 Å². The molecule has 1 atom stereocenters. The zero-order chi connectivity index (χ0) is 25.5. The number of fused-ring (bicyclic) bond motifs is 6. The van der Waals surface area contributed by atoms with Crippen LogP contribution in [-0.2, 0) is 0 Å². The summed E-state index contributed by atoms with van der Waals surface area (Å²) in [6, 6.07) is 23.5. The maximum absolute atomic E-state index is 6.51. The molecule has 0 amide bonds. The summed E-state index contributed by atoms with van der Waals surface area (Å²) in [5.41, 5.74) is 7.50. The van der Waals surface area contributed by atoms with Crippen molar-refractivity contribution in [1.29, 1.82) is 0 Å². The summed E-state index contributed by atoms with van der Waals surface area (Å²) in [5.74, 6) is 2.36. The van der Waals surface area contributed by atoms with Crippen molar-refractivity contribution in [2.45, 2.75) is 33.9 Å². The van der Waals surface area contributed by atoms with E-state index in [9.17, 15) is 0 Å². The van der Waals surface area contributed by atoms with Crippen LogP contribution in [0.25, 0.3) is 22.7 Å². The van der Waals surface area contributed by atoms with E-state index in [-0.39, 0.29) is 6.17 Å². The molecule has 0 saturated heterocycles. The molecular formula is C31H33N5O. The average molecular weight is 492 g/mol. The molecule has 1 aromatic heterocycles. The molecule has 0 saturated carbocycles. The minimum atomic E-state index is -0.257. The van der Waals surface area contributed by atoms with Crippen LogP contribution in [0.3, 0.4) is 0 Å². The van der Waals surface area contributed by atoms with Crippen molar-refractivity contribution in [2.75, 3.05) is 36.0 Å². The number of ether oxygens (including phenoxy) is 1. The first-order valence-corrected chi connectivity index (χ1v) is 13.3. The van der Waals surface area contributed by atoms with Gasteiger partial charge in [0, 0.05) is 49.2 Å². The SMILES string of the molecule is CCN(CC)c1ccc([C@@H]2N=C3Oc4cc(N(CC)CC)ccc4C=C3c3nc4ccccc4n32)cc1. The highest BCUT2D eigenvalue weighted by atomic mass is 16.5.